The van der Waals surface area contributed by atoms with E-state index in [4.69, 9.17) is 37.3 Å². The van der Waals surface area contributed by atoms with E-state index < -0.39 is 12.0 Å². The van der Waals surface area contributed by atoms with Gasteiger partial charge in [0.25, 0.3) is 0 Å². The highest BCUT2D eigenvalue weighted by Crippen LogP contribution is 2.38. The third kappa shape index (κ3) is 6.12. The number of urea groups is 1. The van der Waals surface area contributed by atoms with Gasteiger partial charge < -0.3 is 25.1 Å². The van der Waals surface area contributed by atoms with E-state index in [9.17, 15) is 9.59 Å². The Morgan fingerprint density at radius 2 is 1.81 bits per heavy atom. The van der Waals surface area contributed by atoms with E-state index in [0.29, 0.717) is 33.7 Å². The number of amides is 2. The molecule has 0 bridgehead atoms. The second-order valence-electron chi connectivity index (χ2n) is 4.73. The highest BCUT2D eigenvalue weighted by atomic mass is 32.2. The lowest BCUT2D eigenvalue weighted by Gasteiger charge is -2.12. The molecular weight excluding hydrogens is 380 g/mol. The summed E-state index contributed by atoms with van der Waals surface area (Å²) >= 11 is 6.29. The molecule has 1 aliphatic heterocycles. The summed E-state index contributed by atoms with van der Waals surface area (Å²) in [6.45, 7) is 0.666. The summed E-state index contributed by atoms with van der Waals surface area (Å²) < 4.78 is 16.0. The van der Waals surface area contributed by atoms with Crippen molar-refractivity contribution < 1.29 is 28.9 Å². The van der Waals surface area contributed by atoms with Gasteiger partial charge in [-0.15, -0.1) is 0 Å². The Kier molecular flexibility index (Phi) is 8.73. The summed E-state index contributed by atoms with van der Waals surface area (Å²) in [4.78, 5) is 22.3. The van der Waals surface area contributed by atoms with Crippen molar-refractivity contribution in [3.8, 4) is 17.2 Å². The lowest BCUT2D eigenvalue weighted by Crippen LogP contribution is -2.35. The van der Waals surface area contributed by atoms with E-state index in [1.165, 1.54) is 44.1 Å². The molecule has 1 heterocycles. The Morgan fingerprint density at radius 3 is 2.12 bits per heavy atom. The number of methoxy groups -OCH3 is 3. The predicted molar refractivity (Wildman–Crippen MR) is 104 cm³/mol. The Balaban J connectivity index is 0.000000314. The maximum Gasteiger partial charge on any atom is 0.328 e. The van der Waals surface area contributed by atoms with Gasteiger partial charge in [-0.2, -0.15) is 0 Å². The van der Waals surface area contributed by atoms with Gasteiger partial charge in [-0.3, -0.25) is 4.90 Å². The molecule has 142 valence electrons. The zero-order chi connectivity index (χ0) is 19.7. The van der Waals surface area contributed by atoms with Crippen LogP contribution in [0.4, 0.5) is 4.79 Å². The molecule has 0 aliphatic carbocycles. The first-order valence-electron chi connectivity index (χ1n) is 7.28. The molecule has 1 saturated heterocycles. The molecule has 1 fully saturated rings. The SMILES string of the molecule is COc1cc(C=CC(=O)O)cc(OC)c1OC.NC(=O)N1CCSC1=S. The Morgan fingerprint density at radius 1 is 1.23 bits per heavy atom. The van der Waals surface area contributed by atoms with E-state index in [-0.39, 0.29) is 0 Å². The molecule has 2 rings (SSSR count). The molecule has 0 saturated carbocycles. The minimum Gasteiger partial charge on any atom is -0.493 e. The number of carboxylic acid groups (broad SMARTS) is 1. The van der Waals surface area contributed by atoms with Crippen LogP contribution in [0.15, 0.2) is 18.2 Å². The van der Waals surface area contributed by atoms with Gasteiger partial charge in [0.05, 0.1) is 21.3 Å². The number of carbonyl (C=O) groups excluding carboxylic acids is 1. The van der Waals surface area contributed by atoms with Gasteiger partial charge in [-0.25, -0.2) is 9.59 Å². The van der Waals surface area contributed by atoms with Crippen molar-refractivity contribution in [2.45, 2.75) is 0 Å². The zero-order valence-electron chi connectivity index (χ0n) is 14.6. The first kappa shape index (κ1) is 21.6. The third-order valence-corrected chi connectivity index (χ3v) is 4.56. The summed E-state index contributed by atoms with van der Waals surface area (Å²) in [5.41, 5.74) is 5.63. The van der Waals surface area contributed by atoms with Crippen molar-refractivity contribution in [1.29, 1.82) is 0 Å². The van der Waals surface area contributed by atoms with Gasteiger partial charge in [0.1, 0.15) is 4.32 Å². The number of ether oxygens (including phenoxy) is 3. The number of benzene rings is 1. The number of carboxylic acids is 1. The van der Waals surface area contributed by atoms with E-state index in [0.717, 1.165) is 11.8 Å². The lowest BCUT2D eigenvalue weighted by molar-refractivity contribution is -0.131. The number of nitrogens with zero attached hydrogens (tertiary/aromatic N) is 1. The molecule has 0 spiro atoms. The summed E-state index contributed by atoms with van der Waals surface area (Å²) in [5.74, 6) is 1.30. The van der Waals surface area contributed by atoms with Crippen LogP contribution in [0, 0.1) is 0 Å². The average molecular weight is 400 g/mol. The number of carbonyl (C=O) groups is 2. The second kappa shape index (κ2) is 10.5. The minimum atomic E-state index is -1.02. The van der Waals surface area contributed by atoms with Crippen molar-refractivity contribution in [1.82, 2.24) is 4.90 Å². The second-order valence-corrected chi connectivity index (χ2v) is 6.46. The van der Waals surface area contributed by atoms with Crippen molar-refractivity contribution in [3.05, 3.63) is 23.8 Å². The van der Waals surface area contributed by atoms with Crippen LogP contribution in [-0.4, -0.2) is 60.0 Å². The normalized spacial score (nSPS) is 13.2. The number of primary amides is 1. The quantitative estimate of drug-likeness (QED) is 0.572. The first-order chi connectivity index (χ1) is 12.3. The van der Waals surface area contributed by atoms with E-state index >= 15 is 0 Å². The number of thioether (sulfide) groups is 1. The zero-order valence-corrected chi connectivity index (χ0v) is 16.2. The minimum absolute atomic E-state index is 0.440. The van der Waals surface area contributed by atoms with Crippen LogP contribution in [-0.2, 0) is 4.79 Å². The molecule has 1 aromatic carbocycles. The van der Waals surface area contributed by atoms with Crippen molar-refractivity contribution in [3.63, 3.8) is 0 Å². The largest absolute Gasteiger partial charge is 0.493 e. The monoisotopic (exact) mass is 400 g/mol. The predicted octanol–water partition coefficient (Wildman–Crippen LogP) is 2.21. The summed E-state index contributed by atoms with van der Waals surface area (Å²) in [5, 5.41) is 8.55. The van der Waals surface area contributed by atoms with Crippen LogP contribution in [0.25, 0.3) is 6.08 Å². The van der Waals surface area contributed by atoms with Crippen LogP contribution in [0.3, 0.4) is 0 Å². The van der Waals surface area contributed by atoms with Crippen LogP contribution in [0.1, 0.15) is 5.56 Å². The van der Waals surface area contributed by atoms with Crippen molar-refractivity contribution in [2.75, 3.05) is 33.6 Å². The Bertz CT molecular complexity index is 683. The van der Waals surface area contributed by atoms with Gasteiger partial charge in [0.15, 0.2) is 11.5 Å². The topological polar surface area (TPSA) is 111 Å². The van der Waals surface area contributed by atoms with Gasteiger partial charge in [-0.1, -0.05) is 24.0 Å². The van der Waals surface area contributed by atoms with Crippen molar-refractivity contribution >= 4 is 46.4 Å². The fourth-order valence-electron chi connectivity index (χ4n) is 1.96. The number of rotatable bonds is 5. The molecule has 1 aromatic rings. The third-order valence-electron chi connectivity index (χ3n) is 3.13. The van der Waals surface area contributed by atoms with Crippen molar-refractivity contribution in [2.24, 2.45) is 5.73 Å². The van der Waals surface area contributed by atoms with Crippen LogP contribution in [0.5, 0.6) is 17.2 Å². The maximum atomic E-state index is 10.5. The smallest absolute Gasteiger partial charge is 0.328 e. The fraction of sp³-hybridized carbons (Fsp3) is 0.312. The molecule has 2 amide bonds. The molecule has 0 radical (unpaired) electrons. The molecule has 10 heteroatoms. The number of nitrogens with two attached hydrogens (primary N) is 1. The Labute approximate surface area is 160 Å². The fourth-order valence-corrected chi connectivity index (χ4v) is 3.18. The van der Waals surface area contributed by atoms with Gasteiger partial charge >= 0.3 is 12.0 Å². The molecule has 3 N–H and O–H groups in total. The number of thiocarbonyl (C=S) groups is 1. The first-order valence-corrected chi connectivity index (χ1v) is 8.68. The molecule has 0 atom stereocenters. The molecule has 0 aromatic heterocycles. The lowest BCUT2D eigenvalue weighted by atomic mass is 10.1. The average Bonchev–Trinajstić information content (AvgIpc) is 3.05. The molecular formula is C16H20N2O6S2. The van der Waals surface area contributed by atoms with Gasteiger partial charge in [0.2, 0.25) is 5.75 Å². The van der Waals surface area contributed by atoms with E-state index in [2.05, 4.69) is 0 Å². The highest BCUT2D eigenvalue weighted by molar-refractivity contribution is 8.23. The summed E-state index contributed by atoms with van der Waals surface area (Å²) in [6, 6.07) is 2.90. The highest BCUT2D eigenvalue weighted by Gasteiger charge is 2.21. The standard InChI is InChI=1S/C12H14O5.C4H6N2OS2/c1-15-9-6-8(4-5-11(13)14)7-10(16-2)12(9)17-3;5-3(7)6-1-2-9-4(6)8/h4-7H,1-3H3,(H,13,14);1-2H2,(H2,5,7). The summed E-state index contributed by atoms with van der Waals surface area (Å²) in [6.07, 6.45) is 2.49. The number of hydrogen-bond acceptors (Lipinski definition) is 7. The molecule has 1 aliphatic rings. The maximum absolute atomic E-state index is 10.5. The van der Waals surface area contributed by atoms with Crippen LogP contribution < -0.4 is 19.9 Å². The molecule has 0 unspecified atom stereocenters. The van der Waals surface area contributed by atoms with Gasteiger partial charge in [0, 0.05) is 18.4 Å². The Hall–Kier alpha value is -2.46. The number of hydrogen-bond donors (Lipinski definition) is 2. The van der Waals surface area contributed by atoms with Gasteiger partial charge in [-0.05, 0) is 23.8 Å². The van der Waals surface area contributed by atoms with Crippen LogP contribution >= 0.6 is 24.0 Å². The van der Waals surface area contributed by atoms with E-state index in [1.807, 2.05) is 0 Å². The number of aliphatic carboxylic acids is 1. The molecule has 8 nitrogen and oxygen atoms in total. The molecule has 26 heavy (non-hydrogen) atoms. The van der Waals surface area contributed by atoms with Crippen LogP contribution in [0.2, 0.25) is 0 Å². The summed E-state index contributed by atoms with van der Waals surface area (Å²) in [7, 11) is 4.51. The van der Waals surface area contributed by atoms with E-state index in [1.54, 1.807) is 12.1 Å².